The van der Waals surface area contributed by atoms with Crippen molar-refractivity contribution in [2.75, 3.05) is 18.1 Å². The summed E-state index contributed by atoms with van der Waals surface area (Å²) in [6.07, 6.45) is -4.50. The highest BCUT2D eigenvalue weighted by atomic mass is 19.4. The third kappa shape index (κ3) is 2.76. The molecule has 1 aliphatic rings. The molecule has 0 radical (unpaired) electrons. The maximum absolute atomic E-state index is 12.9. The number of ether oxygens (including phenoxy) is 1. The van der Waals surface area contributed by atoms with Crippen LogP contribution in [-0.4, -0.2) is 24.0 Å². The van der Waals surface area contributed by atoms with Crippen LogP contribution in [0.15, 0.2) is 22.6 Å². The van der Waals surface area contributed by atoms with Gasteiger partial charge >= 0.3 is 6.18 Å². The van der Waals surface area contributed by atoms with Gasteiger partial charge in [0.15, 0.2) is 5.89 Å². The lowest BCUT2D eigenvalue weighted by atomic mass is 10.1. The molecule has 0 bridgehead atoms. The van der Waals surface area contributed by atoms with Gasteiger partial charge in [-0.2, -0.15) is 13.2 Å². The van der Waals surface area contributed by atoms with Gasteiger partial charge in [0.2, 0.25) is 5.76 Å². The molecular weight excluding hydrogens is 313 g/mol. The molecular formula is C15H13F3N2O3. The number of hydrogen-bond donors (Lipinski definition) is 0. The van der Waals surface area contributed by atoms with Gasteiger partial charge in [0.25, 0.3) is 5.91 Å². The number of oxazole rings is 1. The van der Waals surface area contributed by atoms with Gasteiger partial charge < -0.3 is 9.15 Å². The van der Waals surface area contributed by atoms with Gasteiger partial charge in [0, 0.05) is 6.92 Å². The first-order valence-electron chi connectivity index (χ1n) is 6.87. The Hall–Kier alpha value is -2.51. The van der Waals surface area contributed by atoms with Crippen LogP contribution in [0.25, 0.3) is 0 Å². The van der Waals surface area contributed by atoms with Crippen molar-refractivity contribution in [3.05, 3.63) is 41.1 Å². The summed E-state index contributed by atoms with van der Waals surface area (Å²) in [5, 5.41) is 0. The normalized spacial score (nSPS) is 14.4. The molecule has 0 saturated carbocycles. The molecule has 1 aliphatic heterocycles. The molecule has 2 aromatic rings. The van der Waals surface area contributed by atoms with Crippen molar-refractivity contribution in [2.24, 2.45) is 0 Å². The number of fused-ring (bicyclic) bond motifs is 1. The molecule has 122 valence electrons. The number of hydrogen-bond acceptors (Lipinski definition) is 4. The molecule has 0 unspecified atom stereocenters. The lowest BCUT2D eigenvalue weighted by Crippen LogP contribution is -2.38. The van der Waals surface area contributed by atoms with Crippen LogP contribution in [0.4, 0.5) is 18.9 Å². The van der Waals surface area contributed by atoms with E-state index in [1.165, 1.54) is 11.0 Å². The minimum absolute atomic E-state index is 0.0211. The molecule has 1 aromatic carbocycles. The van der Waals surface area contributed by atoms with E-state index in [-0.39, 0.29) is 30.3 Å². The summed E-state index contributed by atoms with van der Waals surface area (Å²) in [6.45, 7) is 3.53. The van der Waals surface area contributed by atoms with E-state index in [1.807, 2.05) is 0 Å². The number of aromatic nitrogens is 1. The Morgan fingerprint density at radius 3 is 2.65 bits per heavy atom. The van der Waals surface area contributed by atoms with Gasteiger partial charge in [-0.25, -0.2) is 4.98 Å². The van der Waals surface area contributed by atoms with Crippen LogP contribution in [0.5, 0.6) is 5.75 Å². The van der Waals surface area contributed by atoms with Gasteiger partial charge in [-0.1, -0.05) is 0 Å². The van der Waals surface area contributed by atoms with Crippen LogP contribution in [-0.2, 0) is 6.18 Å². The Kier molecular flexibility index (Phi) is 3.54. The Labute approximate surface area is 129 Å². The van der Waals surface area contributed by atoms with E-state index in [0.29, 0.717) is 11.6 Å². The van der Waals surface area contributed by atoms with E-state index in [2.05, 4.69) is 4.98 Å². The molecule has 0 atom stereocenters. The van der Waals surface area contributed by atoms with Crippen molar-refractivity contribution < 1.29 is 27.1 Å². The lowest BCUT2D eigenvalue weighted by Gasteiger charge is -2.29. The van der Waals surface area contributed by atoms with E-state index in [9.17, 15) is 18.0 Å². The predicted molar refractivity (Wildman–Crippen MR) is 74.6 cm³/mol. The third-order valence-electron chi connectivity index (χ3n) is 3.49. The number of nitrogens with zero attached hydrogens (tertiary/aromatic N) is 2. The number of rotatable bonds is 1. The zero-order valence-electron chi connectivity index (χ0n) is 12.4. The molecule has 0 saturated heterocycles. The zero-order chi connectivity index (χ0) is 16.8. The van der Waals surface area contributed by atoms with Crippen LogP contribution >= 0.6 is 0 Å². The molecule has 1 amide bonds. The number of amides is 1. The molecule has 0 aliphatic carbocycles. The van der Waals surface area contributed by atoms with Crippen molar-refractivity contribution in [3.8, 4) is 5.75 Å². The SMILES string of the molecule is Cc1nc(C)c(C(=O)N2CCOc3ccc(C(F)(F)F)cc32)o1. The Morgan fingerprint density at radius 1 is 1.30 bits per heavy atom. The summed E-state index contributed by atoms with van der Waals surface area (Å²) < 4.78 is 49.3. The number of anilines is 1. The van der Waals surface area contributed by atoms with Crippen molar-refractivity contribution in [1.82, 2.24) is 4.98 Å². The van der Waals surface area contributed by atoms with Crippen molar-refractivity contribution in [1.29, 1.82) is 0 Å². The maximum Gasteiger partial charge on any atom is 0.416 e. The number of benzene rings is 1. The van der Waals surface area contributed by atoms with E-state index >= 15 is 0 Å². The summed E-state index contributed by atoms with van der Waals surface area (Å²) in [5.74, 6) is 0.0367. The molecule has 0 spiro atoms. The monoisotopic (exact) mass is 326 g/mol. The quantitative estimate of drug-likeness (QED) is 0.806. The van der Waals surface area contributed by atoms with Crippen molar-refractivity contribution in [3.63, 3.8) is 0 Å². The van der Waals surface area contributed by atoms with Crippen LogP contribution in [0.3, 0.4) is 0 Å². The molecule has 3 rings (SSSR count). The average Bonchev–Trinajstić information content (AvgIpc) is 2.83. The predicted octanol–water partition coefficient (Wildman–Crippen LogP) is 3.35. The molecule has 23 heavy (non-hydrogen) atoms. The first-order chi connectivity index (χ1) is 10.8. The number of alkyl halides is 3. The standard InChI is InChI=1S/C15H13F3N2O3/c1-8-13(23-9(2)19-8)14(21)20-5-6-22-12-4-3-10(7-11(12)20)15(16,17)18/h3-4,7H,5-6H2,1-2H3. The fraction of sp³-hybridized carbons (Fsp3) is 0.333. The van der Waals surface area contributed by atoms with Gasteiger partial charge in [-0.05, 0) is 25.1 Å². The van der Waals surface area contributed by atoms with E-state index in [1.54, 1.807) is 13.8 Å². The highest BCUT2D eigenvalue weighted by Gasteiger charge is 2.34. The lowest BCUT2D eigenvalue weighted by molar-refractivity contribution is -0.137. The summed E-state index contributed by atoms with van der Waals surface area (Å²) in [7, 11) is 0. The van der Waals surface area contributed by atoms with E-state index < -0.39 is 17.6 Å². The number of carbonyl (C=O) groups is 1. The van der Waals surface area contributed by atoms with Crippen LogP contribution in [0.1, 0.15) is 27.7 Å². The Balaban J connectivity index is 2.03. The fourth-order valence-electron chi connectivity index (χ4n) is 2.46. The van der Waals surface area contributed by atoms with Gasteiger partial charge in [-0.15, -0.1) is 0 Å². The first-order valence-corrected chi connectivity index (χ1v) is 6.87. The van der Waals surface area contributed by atoms with Crippen LogP contribution < -0.4 is 9.64 Å². The summed E-state index contributed by atoms with van der Waals surface area (Å²) >= 11 is 0. The summed E-state index contributed by atoms with van der Waals surface area (Å²) in [4.78, 5) is 17.9. The number of halogens is 3. The summed E-state index contributed by atoms with van der Waals surface area (Å²) in [6, 6.07) is 3.05. The largest absolute Gasteiger partial charge is 0.490 e. The highest BCUT2D eigenvalue weighted by Crippen LogP contribution is 2.38. The maximum atomic E-state index is 12.9. The number of aryl methyl sites for hydroxylation is 2. The third-order valence-corrected chi connectivity index (χ3v) is 3.49. The second-order valence-electron chi connectivity index (χ2n) is 5.13. The molecule has 5 nitrogen and oxygen atoms in total. The molecule has 1 aromatic heterocycles. The Morgan fingerprint density at radius 2 is 2.04 bits per heavy atom. The second-order valence-corrected chi connectivity index (χ2v) is 5.13. The minimum Gasteiger partial charge on any atom is -0.490 e. The molecule has 0 N–H and O–H groups in total. The minimum atomic E-state index is -4.50. The van der Waals surface area contributed by atoms with Gasteiger partial charge in [-0.3, -0.25) is 9.69 Å². The van der Waals surface area contributed by atoms with Crippen molar-refractivity contribution in [2.45, 2.75) is 20.0 Å². The van der Waals surface area contributed by atoms with E-state index in [0.717, 1.165) is 12.1 Å². The van der Waals surface area contributed by atoms with Crippen molar-refractivity contribution >= 4 is 11.6 Å². The smallest absolute Gasteiger partial charge is 0.416 e. The fourth-order valence-corrected chi connectivity index (χ4v) is 2.46. The van der Waals surface area contributed by atoms with Gasteiger partial charge in [0.1, 0.15) is 12.4 Å². The first kappa shape index (κ1) is 15.4. The summed E-state index contributed by atoms with van der Waals surface area (Å²) in [5.41, 5.74) is -0.373. The van der Waals surface area contributed by atoms with Crippen LogP contribution in [0.2, 0.25) is 0 Å². The number of carbonyl (C=O) groups excluding carboxylic acids is 1. The second kappa shape index (κ2) is 5.29. The topological polar surface area (TPSA) is 55.6 Å². The van der Waals surface area contributed by atoms with Crippen LogP contribution in [0, 0.1) is 13.8 Å². The van der Waals surface area contributed by atoms with E-state index in [4.69, 9.17) is 9.15 Å². The highest BCUT2D eigenvalue weighted by molar-refractivity contribution is 6.06. The molecule has 8 heteroatoms. The zero-order valence-corrected chi connectivity index (χ0v) is 12.4. The molecule has 0 fully saturated rings. The van der Waals surface area contributed by atoms with Gasteiger partial charge in [0.05, 0.1) is 23.5 Å². The molecule has 2 heterocycles. The Bertz CT molecular complexity index is 768. The average molecular weight is 326 g/mol.